The first-order chi connectivity index (χ1) is 11.6. The van der Waals surface area contributed by atoms with Crippen LogP contribution in [0.3, 0.4) is 0 Å². The first-order valence-electron chi connectivity index (χ1n) is 7.86. The van der Waals surface area contributed by atoms with Crippen molar-refractivity contribution in [1.82, 2.24) is 19.9 Å². The number of halogens is 2. The topological polar surface area (TPSA) is 80.6 Å². The van der Waals surface area contributed by atoms with Crippen molar-refractivity contribution >= 4 is 28.3 Å². The summed E-state index contributed by atoms with van der Waals surface area (Å²) in [5, 5.41) is 2.63. The number of fused-ring (bicyclic) bond motifs is 2. The average molecular weight is 352 g/mol. The number of nitroso groups, excluding NO2 is 1. The molecule has 4 rings (SSSR count). The van der Waals surface area contributed by atoms with Crippen molar-refractivity contribution in [3.63, 3.8) is 0 Å². The van der Waals surface area contributed by atoms with Crippen LogP contribution in [-0.4, -0.2) is 45.1 Å². The molecule has 2 aromatic heterocycles. The maximum absolute atomic E-state index is 14.2. The summed E-state index contributed by atoms with van der Waals surface area (Å²) in [5.41, 5.74) is -0.108. The molecular weight excluding hydrogens is 337 g/mol. The number of aromatic nitrogens is 3. The van der Waals surface area contributed by atoms with Gasteiger partial charge in [-0.3, -0.25) is 4.90 Å². The van der Waals surface area contributed by atoms with Gasteiger partial charge in [0.05, 0.1) is 10.9 Å². The molecule has 0 aliphatic carbocycles. The molecule has 0 unspecified atom stereocenters. The van der Waals surface area contributed by atoms with Crippen molar-refractivity contribution in [1.29, 1.82) is 0 Å². The van der Waals surface area contributed by atoms with Crippen LogP contribution in [0.1, 0.15) is 25.7 Å². The summed E-state index contributed by atoms with van der Waals surface area (Å²) in [5.74, 6) is -1.02. The molecule has 0 bridgehead atoms. The zero-order valence-corrected chi connectivity index (χ0v) is 13.6. The van der Waals surface area contributed by atoms with Crippen LogP contribution in [-0.2, 0) is 0 Å². The molecule has 0 aromatic carbocycles. The van der Waals surface area contributed by atoms with Crippen LogP contribution >= 0.6 is 11.6 Å². The Hall–Kier alpha value is -1.93. The van der Waals surface area contributed by atoms with Crippen molar-refractivity contribution in [2.75, 3.05) is 19.7 Å². The molecule has 2 fully saturated rings. The molecule has 0 radical (unpaired) electrons. The third-order valence-electron chi connectivity index (χ3n) is 4.97. The third-order valence-corrected chi connectivity index (χ3v) is 5.23. The number of rotatable bonds is 4. The quantitative estimate of drug-likeness (QED) is 0.621. The minimum atomic E-state index is -0.812. The van der Waals surface area contributed by atoms with Gasteiger partial charge in [0.2, 0.25) is 5.82 Å². The van der Waals surface area contributed by atoms with E-state index in [2.05, 4.69) is 25.0 Å². The highest BCUT2D eigenvalue weighted by Crippen LogP contribution is 2.39. The van der Waals surface area contributed by atoms with E-state index in [0.717, 1.165) is 38.8 Å². The van der Waals surface area contributed by atoms with Crippen LogP contribution in [0.2, 0.25) is 5.15 Å². The van der Waals surface area contributed by atoms with Gasteiger partial charge in [0.15, 0.2) is 11.0 Å². The van der Waals surface area contributed by atoms with Crippen LogP contribution in [0.25, 0.3) is 10.9 Å². The van der Waals surface area contributed by atoms with Gasteiger partial charge in [0, 0.05) is 6.20 Å². The molecule has 2 aliphatic heterocycles. The van der Waals surface area contributed by atoms with Crippen molar-refractivity contribution in [2.45, 2.75) is 31.2 Å². The highest BCUT2D eigenvalue weighted by molar-refractivity contribution is 6.30. The molecule has 0 atom stereocenters. The summed E-state index contributed by atoms with van der Waals surface area (Å²) < 4.78 is 19.9. The fourth-order valence-corrected chi connectivity index (χ4v) is 3.93. The van der Waals surface area contributed by atoms with E-state index in [9.17, 15) is 9.30 Å². The fraction of sp³-hybridized carbons (Fsp3) is 0.533. The lowest BCUT2D eigenvalue weighted by Crippen LogP contribution is -2.43. The summed E-state index contributed by atoms with van der Waals surface area (Å²) in [6.45, 7) is 2.55. The second-order valence-corrected chi connectivity index (χ2v) is 6.61. The number of ether oxygens (including phenoxy) is 1. The molecule has 4 heterocycles. The molecular formula is C15H15ClFN5O2. The molecule has 0 N–H and O–H groups in total. The SMILES string of the molecule is O=Nc1nc(OCC23CCCN2CCC3)nc2c(F)c(Cl)ncc12. The zero-order valence-electron chi connectivity index (χ0n) is 12.8. The van der Waals surface area contributed by atoms with Crippen LogP contribution in [0.15, 0.2) is 11.4 Å². The first kappa shape index (κ1) is 15.6. The van der Waals surface area contributed by atoms with E-state index in [-0.39, 0.29) is 33.4 Å². The second kappa shape index (κ2) is 5.86. The van der Waals surface area contributed by atoms with Gasteiger partial charge >= 0.3 is 6.01 Å². The van der Waals surface area contributed by atoms with Gasteiger partial charge in [-0.25, -0.2) is 9.37 Å². The molecule has 0 amide bonds. The molecule has 0 spiro atoms. The Bertz CT molecular complexity index is 808. The minimum absolute atomic E-state index is 0.00151. The zero-order chi connectivity index (χ0) is 16.7. The van der Waals surface area contributed by atoms with Crippen LogP contribution in [0, 0.1) is 10.7 Å². The van der Waals surface area contributed by atoms with Crippen molar-refractivity contribution in [2.24, 2.45) is 5.18 Å². The Morgan fingerprint density at radius 2 is 2.08 bits per heavy atom. The van der Waals surface area contributed by atoms with Gasteiger partial charge in [-0.1, -0.05) is 11.6 Å². The molecule has 24 heavy (non-hydrogen) atoms. The summed E-state index contributed by atoms with van der Waals surface area (Å²) in [4.78, 5) is 25.2. The Labute approximate surface area is 142 Å². The summed E-state index contributed by atoms with van der Waals surface area (Å²) >= 11 is 5.69. The van der Waals surface area contributed by atoms with E-state index in [1.54, 1.807) is 0 Å². The lowest BCUT2D eigenvalue weighted by atomic mass is 9.95. The van der Waals surface area contributed by atoms with Crippen LogP contribution in [0.4, 0.5) is 10.2 Å². The number of hydrogen-bond acceptors (Lipinski definition) is 7. The highest BCUT2D eigenvalue weighted by atomic mass is 35.5. The Kier molecular flexibility index (Phi) is 3.80. The van der Waals surface area contributed by atoms with Gasteiger partial charge in [-0.15, -0.1) is 4.91 Å². The number of nitrogens with zero attached hydrogens (tertiary/aromatic N) is 5. The fourth-order valence-electron chi connectivity index (χ4n) is 3.79. The van der Waals surface area contributed by atoms with Gasteiger partial charge in [0.1, 0.15) is 12.1 Å². The summed E-state index contributed by atoms with van der Waals surface area (Å²) in [6, 6.07) is -0.0635. The van der Waals surface area contributed by atoms with E-state index in [1.165, 1.54) is 6.20 Å². The van der Waals surface area contributed by atoms with Crippen molar-refractivity contribution in [3.05, 3.63) is 22.1 Å². The highest BCUT2D eigenvalue weighted by Gasteiger charge is 2.45. The smallest absolute Gasteiger partial charge is 0.319 e. The van der Waals surface area contributed by atoms with Gasteiger partial charge in [-0.2, -0.15) is 9.97 Å². The first-order valence-corrected chi connectivity index (χ1v) is 8.24. The Morgan fingerprint density at radius 3 is 2.79 bits per heavy atom. The molecule has 2 aliphatic rings. The molecule has 126 valence electrons. The van der Waals surface area contributed by atoms with Gasteiger partial charge < -0.3 is 4.74 Å². The predicted molar refractivity (Wildman–Crippen MR) is 86.0 cm³/mol. The minimum Gasteiger partial charge on any atom is -0.461 e. The monoisotopic (exact) mass is 351 g/mol. The summed E-state index contributed by atoms with van der Waals surface area (Å²) in [7, 11) is 0. The lowest BCUT2D eigenvalue weighted by molar-refractivity contribution is 0.108. The Morgan fingerprint density at radius 1 is 1.33 bits per heavy atom. The van der Waals surface area contributed by atoms with E-state index >= 15 is 0 Å². The predicted octanol–water partition coefficient (Wildman–Crippen LogP) is 3.22. The second-order valence-electron chi connectivity index (χ2n) is 6.25. The maximum atomic E-state index is 14.2. The molecule has 7 nitrogen and oxygen atoms in total. The van der Waals surface area contributed by atoms with Crippen LogP contribution < -0.4 is 4.74 Å². The van der Waals surface area contributed by atoms with E-state index < -0.39 is 5.82 Å². The van der Waals surface area contributed by atoms with E-state index in [1.807, 2.05) is 0 Å². The number of hydrogen-bond donors (Lipinski definition) is 0. The van der Waals surface area contributed by atoms with Crippen LogP contribution in [0.5, 0.6) is 6.01 Å². The van der Waals surface area contributed by atoms with Crippen molar-refractivity contribution in [3.8, 4) is 6.01 Å². The normalized spacial score (nSPS) is 19.6. The van der Waals surface area contributed by atoms with Gasteiger partial charge in [-0.05, 0) is 43.9 Å². The van der Waals surface area contributed by atoms with Gasteiger partial charge in [0.25, 0.3) is 0 Å². The number of pyridine rings is 1. The molecule has 2 aromatic rings. The van der Waals surface area contributed by atoms with E-state index in [0.29, 0.717) is 6.61 Å². The third kappa shape index (κ3) is 2.41. The standard InChI is InChI=1S/C15H15ClFN5O2/c16-12-10(17)11-9(7-18-12)13(21-23)20-14(19-11)24-8-15-3-1-5-22(15)6-2-4-15/h7H,1-6,8H2. The van der Waals surface area contributed by atoms with E-state index in [4.69, 9.17) is 16.3 Å². The molecule has 2 saturated heterocycles. The molecule has 9 heteroatoms. The van der Waals surface area contributed by atoms with Crippen molar-refractivity contribution < 1.29 is 9.13 Å². The lowest BCUT2D eigenvalue weighted by Gasteiger charge is -2.31. The average Bonchev–Trinajstić information content (AvgIpc) is 3.16. The largest absolute Gasteiger partial charge is 0.461 e. The maximum Gasteiger partial charge on any atom is 0.319 e. The molecule has 0 saturated carbocycles. The summed E-state index contributed by atoms with van der Waals surface area (Å²) in [6.07, 6.45) is 5.63. The Balaban J connectivity index is 1.67.